The number of fused-ring (bicyclic) bond motifs is 1. The molecule has 0 aliphatic heterocycles. The molecule has 2 aromatic rings. The molecule has 1 atom stereocenters. The minimum absolute atomic E-state index is 0.0487. The molecule has 106 valence electrons. The molecular weight excluding hydrogens is 260 g/mol. The van der Waals surface area contributed by atoms with Gasteiger partial charge in [-0.25, -0.2) is 4.52 Å². The molecule has 2 N–H and O–H groups in total. The fraction of sp³-hybridized carbons (Fsp3) is 0.385. The summed E-state index contributed by atoms with van der Waals surface area (Å²) in [6.45, 7) is 2.23. The first-order valence-corrected chi connectivity index (χ1v) is 6.39. The normalized spacial score (nSPS) is 12.2. The number of aliphatic carboxylic acids is 1. The van der Waals surface area contributed by atoms with Crippen LogP contribution in [-0.4, -0.2) is 38.1 Å². The minimum Gasteiger partial charge on any atom is -0.481 e. The molecule has 0 spiro atoms. The van der Waals surface area contributed by atoms with Gasteiger partial charge in [0.05, 0.1) is 23.5 Å². The van der Waals surface area contributed by atoms with E-state index in [9.17, 15) is 9.59 Å². The molecule has 1 amide bonds. The van der Waals surface area contributed by atoms with Crippen molar-refractivity contribution in [1.82, 2.24) is 19.9 Å². The van der Waals surface area contributed by atoms with Crippen LogP contribution in [0, 0.1) is 5.92 Å². The fourth-order valence-electron chi connectivity index (χ4n) is 1.95. The molecule has 0 bridgehead atoms. The van der Waals surface area contributed by atoms with Gasteiger partial charge in [0.2, 0.25) is 0 Å². The molecule has 2 heterocycles. The van der Waals surface area contributed by atoms with E-state index in [4.69, 9.17) is 5.11 Å². The van der Waals surface area contributed by atoms with Crippen LogP contribution in [0.4, 0.5) is 0 Å². The van der Waals surface area contributed by atoms with Gasteiger partial charge in [0.15, 0.2) is 0 Å². The summed E-state index contributed by atoms with van der Waals surface area (Å²) in [6, 6.07) is 0. The Kier molecular flexibility index (Phi) is 4.29. The Bertz CT molecular complexity index is 623. The first-order valence-electron chi connectivity index (χ1n) is 6.39. The molecule has 0 radical (unpaired) electrons. The second kappa shape index (κ2) is 6.14. The largest absolute Gasteiger partial charge is 0.481 e. The van der Waals surface area contributed by atoms with Gasteiger partial charge in [0.1, 0.15) is 0 Å². The Labute approximate surface area is 115 Å². The highest BCUT2D eigenvalue weighted by molar-refractivity contribution is 6.00. The summed E-state index contributed by atoms with van der Waals surface area (Å²) >= 11 is 0. The van der Waals surface area contributed by atoms with Crippen molar-refractivity contribution in [2.24, 2.45) is 5.92 Å². The van der Waals surface area contributed by atoms with E-state index in [0.717, 1.165) is 0 Å². The number of carboxylic acids is 1. The lowest BCUT2D eigenvalue weighted by Gasteiger charge is -2.12. The van der Waals surface area contributed by atoms with Crippen LogP contribution in [0.1, 0.15) is 30.1 Å². The predicted molar refractivity (Wildman–Crippen MR) is 71.4 cm³/mol. The molecule has 1 unspecified atom stereocenters. The lowest BCUT2D eigenvalue weighted by atomic mass is 10.0. The smallest absolute Gasteiger partial charge is 0.303 e. The second-order valence-corrected chi connectivity index (χ2v) is 4.55. The van der Waals surface area contributed by atoms with Gasteiger partial charge >= 0.3 is 5.97 Å². The van der Waals surface area contributed by atoms with E-state index in [1.54, 1.807) is 23.1 Å². The van der Waals surface area contributed by atoms with Crippen LogP contribution in [0.3, 0.4) is 0 Å². The van der Waals surface area contributed by atoms with Gasteiger partial charge in [-0.3, -0.25) is 14.6 Å². The van der Waals surface area contributed by atoms with Crippen molar-refractivity contribution < 1.29 is 14.7 Å². The van der Waals surface area contributed by atoms with Gasteiger partial charge in [0, 0.05) is 25.4 Å². The highest BCUT2D eigenvalue weighted by Gasteiger charge is 2.16. The zero-order valence-electron chi connectivity index (χ0n) is 11.1. The molecule has 7 nitrogen and oxygen atoms in total. The monoisotopic (exact) mass is 276 g/mol. The van der Waals surface area contributed by atoms with Crippen LogP contribution in [0.5, 0.6) is 0 Å². The highest BCUT2D eigenvalue weighted by Crippen LogP contribution is 2.10. The predicted octanol–water partition coefficient (Wildman–Crippen LogP) is 0.960. The maximum absolute atomic E-state index is 12.1. The van der Waals surface area contributed by atoms with Crippen molar-refractivity contribution in [1.29, 1.82) is 0 Å². The van der Waals surface area contributed by atoms with Crippen molar-refractivity contribution in [2.45, 2.75) is 19.8 Å². The van der Waals surface area contributed by atoms with Crippen molar-refractivity contribution in [2.75, 3.05) is 6.54 Å². The number of nitrogens with zero attached hydrogens (tertiary/aromatic N) is 3. The number of carbonyl (C=O) groups is 2. The van der Waals surface area contributed by atoms with Gasteiger partial charge in [-0.1, -0.05) is 13.3 Å². The summed E-state index contributed by atoms with van der Waals surface area (Å²) < 4.78 is 1.57. The Morgan fingerprint density at radius 3 is 2.95 bits per heavy atom. The fourth-order valence-corrected chi connectivity index (χ4v) is 1.95. The van der Waals surface area contributed by atoms with Crippen LogP contribution in [-0.2, 0) is 4.79 Å². The quantitative estimate of drug-likeness (QED) is 0.819. The summed E-state index contributed by atoms with van der Waals surface area (Å²) in [5.41, 5.74) is 1.06. The first kappa shape index (κ1) is 14.0. The molecule has 0 aliphatic rings. The van der Waals surface area contributed by atoms with Crippen molar-refractivity contribution >= 4 is 17.4 Å². The average molecular weight is 276 g/mol. The number of carbonyl (C=O) groups excluding carboxylic acids is 1. The topological polar surface area (TPSA) is 96.6 Å². The summed E-state index contributed by atoms with van der Waals surface area (Å²) in [7, 11) is 0. The van der Waals surface area contributed by atoms with Gasteiger partial charge in [-0.2, -0.15) is 5.10 Å². The maximum Gasteiger partial charge on any atom is 0.303 e. The number of nitrogens with one attached hydrogen (secondary N) is 1. The van der Waals surface area contributed by atoms with Crippen LogP contribution in [0.25, 0.3) is 5.52 Å². The van der Waals surface area contributed by atoms with Crippen LogP contribution < -0.4 is 5.32 Å². The molecule has 2 rings (SSSR count). The zero-order chi connectivity index (χ0) is 14.5. The number of aromatic nitrogens is 3. The molecule has 0 saturated heterocycles. The Morgan fingerprint density at radius 1 is 1.45 bits per heavy atom. The van der Waals surface area contributed by atoms with E-state index < -0.39 is 5.97 Å². The summed E-state index contributed by atoms with van der Waals surface area (Å²) in [6.07, 6.45) is 7.03. The number of amides is 1. The average Bonchev–Trinajstić information content (AvgIpc) is 2.86. The van der Waals surface area contributed by atoms with E-state index in [-0.39, 0.29) is 18.2 Å². The molecule has 0 saturated carbocycles. The van der Waals surface area contributed by atoms with E-state index >= 15 is 0 Å². The lowest BCUT2D eigenvalue weighted by Crippen LogP contribution is -2.30. The SMILES string of the molecule is CCC(CNC(=O)c1cnn2ccncc12)CC(=O)O. The van der Waals surface area contributed by atoms with E-state index in [2.05, 4.69) is 15.4 Å². The Hall–Kier alpha value is -2.44. The highest BCUT2D eigenvalue weighted by atomic mass is 16.4. The van der Waals surface area contributed by atoms with Gasteiger partial charge in [-0.15, -0.1) is 0 Å². The summed E-state index contributed by atoms with van der Waals surface area (Å²) in [5, 5.41) is 15.6. The number of hydrogen-bond acceptors (Lipinski definition) is 4. The molecule has 0 aromatic carbocycles. The standard InChI is InChI=1S/C13H16N4O3/c1-2-9(5-12(18)19)6-15-13(20)10-7-16-17-4-3-14-8-11(10)17/h3-4,7-9H,2,5-6H2,1H3,(H,15,20)(H,18,19). The van der Waals surface area contributed by atoms with E-state index in [1.807, 2.05) is 6.92 Å². The third-order valence-electron chi connectivity index (χ3n) is 3.16. The minimum atomic E-state index is -0.855. The summed E-state index contributed by atoms with van der Waals surface area (Å²) in [4.78, 5) is 26.7. The van der Waals surface area contributed by atoms with Gasteiger partial charge in [0.25, 0.3) is 5.91 Å². The molecule has 2 aromatic heterocycles. The lowest BCUT2D eigenvalue weighted by molar-refractivity contribution is -0.138. The van der Waals surface area contributed by atoms with Crippen LogP contribution >= 0.6 is 0 Å². The van der Waals surface area contributed by atoms with Crippen LogP contribution in [0.15, 0.2) is 24.8 Å². The number of hydrogen-bond donors (Lipinski definition) is 2. The first-order chi connectivity index (χ1) is 9.61. The van der Waals surface area contributed by atoms with E-state index in [1.165, 1.54) is 6.20 Å². The third kappa shape index (κ3) is 3.11. The maximum atomic E-state index is 12.1. The Morgan fingerprint density at radius 2 is 2.25 bits per heavy atom. The van der Waals surface area contributed by atoms with Gasteiger partial charge < -0.3 is 10.4 Å². The third-order valence-corrected chi connectivity index (χ3v) is 3.16. The van der Waals surface area contributed by atoms with E-state index in [0.29, 0.717) is 24.0 Å². The van der Waals surface area contributed by atoms with Crippen molar-refractivity contribution in [3.05, 3.63) is 30.4 Å². The molecule has 0 fully saturated rings. The molecule has 0 aliphatic carbocycles. The molecule has 20 heavy (non-hydrogen) atoms. The number of rotatable bonds is 6. The number of carboxylic acid groups (broad SMARTS) is 1. The summed E-state index contributed by atoms with van der Waals surface area (Å²) in [5.74, 6) is -1.19. The molecule has 7 heteroatoms. The molecular formula is C13H16N4O3. The Balaban J connectivity index is 2.03. The zero-order valence-corrected chi connectivity index (χ0v) is 11.1. The second-order valence-electron chi connectivity index (χ2n) is 4.55. The van der Waals surface area contributed by atoms with Crippen molar-refractivity contribution in [3.63, 3.8) is 0 Å². The van der Waals surface area contributed by atoms with Gasteiger partial charge in [-0.05, 0) is 5.92 Å². The van der Waals surface area contributed by atoms with Crippen LogP contribution in [0.2, 0.25) is 0 Å². The van der Waals surface area contributed by atoms with Crippen molar-refractivity contribution in [3.8, 4) is 0 Å².